The molecule has 2 aromatic rings. The zero-order chi connectivity index (χ0) is 14.9. The maximum atomic E-state index is 12.2. The van der Waals surface area contributed by atoms with Gasteiger partial charge < -0.3 is 4.74 Å². The van der Waals surface area contributed by atoms with Gasteiger partial charge in [-0.25, -0.2) is 13.4 Å². The van der Waals surface area contributed by atoms with E-state index in [1.807, 2.05) is 5.38 Å². The molecule has 0 saturated carbocycles. The van der Waals surface area contributed by atoms with Crippen molar-refractivity contribution in [3.8, 4) is 0 Å². The molecule has 0 atom stereocenters. The van der Waals surface area contributed by atoms with E-state index in [1.165, 1.54) is 11.3 Å². The highest BCUT2D eigenvalue weighted by Crippen LogP contribution is 2.32. The third kappa shape index (κ3) is 3.40. The molecule has 3 rings (SSSR count). The van der Waals surface area contributed by atoms with E-state index in [0.717, 1.165) is 43.1 Å². The molecule has 3 heterocycles. The van der Waals surface area contributed by atoms with Crippen LogP contribution < -0.4 is 4.72 Å². The lowest BCUT2D eigenvalue weighted by Crippen LogP contribution is -2.15. The molecular formula is C12H13ClN2O3S3. The molecule has 0 radical (unpaired) electrons. The van der Waals surface area contributed by atoms with Crippen LogP contribution in [-0.4, -0.2) is 26.6 Å². The Morgan fingerprint density at radius 2 is 2.10 bits per heavy atom. The highest BCUT2D eigenvalue weighted by molar-refractivity contribution is 7.95. The molecule has 5 nitrogen and oxygen atoms in total. The number of hydrogen-bond donors (Lipinski definition) is 1. The molecule has 114 valence electrons. The second-order valence-electron chi connectivity index (χ2n) is 4.63. The lowest BCUT2D eigenvalue weighted by Gasteiger charge is -2.19. The molecule has 0 aliphatic carbocycles. The Labute approximate surface area is 136 Å². The number of rotatable bonds is 4. The summed E-state index contributed by atoms with van der Waals surface area (Å²) in [5.74, 6) is 0.346. The zero-order valence-electron chi connectivity index (χ0n) is 10.9. The predicted molar refractivity (Wildman–Crippen MR) is 85.0 cm³/mol. The van der Waals surface area contributed by atoms with E-state index in [-0.39, 0.29) is 9.23 Å². The first-order valence-corrected chi connectivity index (χ1v) is 9.97. The molecule has 1 fully saturated rings. The van der Waals surface area contributed by atoms with E-state index in [4.69, 9.17) is 16.3 Å². The predicted octanol–water partition coefficient (Wildman–Crippen LogP) is 3.55. The van der Waals surface area contributed by atoms with E-state index in [9.17, 15) is 8.42 Å². The van der Waals surface area contributed by atoms with Gasteiger partial charge in [0.25, 0.3) is 10.0 Å². The lowest BCUT2D eigenvalue weighted by atomic mass is 9.98. The van der Waals surface area contributed by atoms with Crippen LogP contribution >= 0.6 is 34.3 Å². The molecule has 21 heavy (non-hydrogen) atoms. The number of thiophene rings is 1. The molecule has 1 N–H and O–H groups in total. The summed E-state index contributed by atoms with van der Waals surface area (Å²) < 4.78 is 32.4. The third-order valence-corrected chi connectivity index (χ3v) is 7.48. The summed E-state index contributed by atoms with van der Waals surface area (Å²) >= 11 is 8.26. The van der Waals surface area contributed by atoms with Crippen molar-refractivity contribution >= 4 is 49.4 Å². The van der Waals surface area contributed by atoms with Gasteiger partial charge in [0.05, 0.1) is 10.7 Å². The molecule has 0 aromatic carbocycles. The van der Waals surface area contributed by atoms with Gasteiger partial charge in [-0.2, -0.15) is 0 Å². The van der Waals surface area contributed by atoms with E-state index in [1.54, 1.807) is 11.4 Å². The van der Waals surface area contributed by atoms with Crippen LogP contribution in [0.25, 0.3) is 0 Å². The van der Waals surface area contributed by atoms with Crippen LogP contribution in [0.1, 0.15) is 24.5 Å². The summed E-state index contributed by atoms with van der Waals surface area (Å²) in [6.45, 7) is 1.46. The van der Waals surface area contributed by atoms with Crippen molar-refractivity contribution in [2.24, 2.45) is 0 Å². The minimum absolute atomic E-state index is 0.118. The SMILES string of the molecule is O=S(=O)(Nc1nc(C2CCOCC2)cs1)c1sccc1Cl. The van der Waals surface area contributed by atoms with Crippen molar-refractivity contribution in [2.45, 2.75) is 23.0 Å². The van der Waals surface area contributed by atoms with Crippen molar-refractivity contribution in [3.05, 3.63) is 27.5 Å². The Balaban J connectivity index is 1.76. The first-order chi connectivity index (χ1) is 10.1. The van der Waals surface area contributed by atoms with Gasteiger partial charge in [0.15, 0.2) is 9.34 Å². The Morgan fingerprint density at radius 3 is 2.76 bits per heavy atom. The second kappa shape index (κ2) is 6.21. The molecule has 1 aliphatic heterocycles. The van der Waals surface area contributed by atoms with Crippen LogP contribution in [-0.2, 0) is 14.8 Å². The first kappa shape index (κ1) is 15.2. The van der Waals surface area contributed by atoms with Gasteiger partial charge in [0.1, 0.15) is 0 Å². The Morgan fingerprint density at radius 1 is 1.33 bits per heavy atom. The largest absolute Gasteiger partial charge is 0.381 e. The van der Waals surface area contributed by atoms with Crippen LogP contribution in [0.3, 0.4) is 0 Å². The number of nitrogens with zero attached hydrogens (tertiary/aromatic N) is 1. The van der Waals surface area contributed by atoms with E-state index >= 15 is 0 Å². The molecule has 9 heteroatoms. The molecule has 2 aromatic heterocycles. The summed E-state index contributed by atoms with van der Waals surface area (Å²) in [5.41, 5.74) is 0.929. The minimum Gasteiger partial charge on any atom is -0.381 e. The quantitative estimate of drug-likeness (QED) is 0.900. The average molecular weight is 365 g/mol. The van der Waals surface area contributed by atoms with Gasteiger partial charge in [0, 0.05) is 24.5 Å². The van der Waals surface area contributed by atoms with Crippen LogP contribution in [0.5, 0.6) is 0 Å². The van der Waals surface area contributed by atoms with Crippen molar-refractivity contribution in [1.82, 2.24) is 4.98 Å². The van der Waals surface area contributed by atoms with Gasteiger partial charge >= 0.3 is 0 Å². The van der Waals surface area contributed by atoms with Gasteiger partial charge in [0.2, 0.25) is 0 Å². The number of anilines is 1. The Kier molecular flexibility index (Phi) is 4.51. The van der Waals surface area contributed by atoms with Gasteiger partial charge in [-0.3, -0.25) is 4.72 Å². The molecule has 0 unspecified atom stereocenters. The fourth-order valence-corrected chi connectivity index (χ4v) is 5.88. The molecule has 1 aliphatic rings. The van der Waals surface area contributed by atoms with E-state index < -0.39 is 10.0 Å². The topological polar surface area (TPSA) is 68.3 Å². The number of hydrogen-bond acceptors (Lipinski definition) is 6. The number of nitrogens with one attached hydrogen (secondary N) is 1. The Hall–Kier alpha value is -0.670. The minimum atomic E-state index is -3.66. The lowest BCUT2D eigenvalue weighted by molar-refractivity contribution is 0.0846. The van der Waals surface area contributed by atoms with Gasteiger partial charge in [-0.15, -0.1) is 22.7 Å². The van der Waals surface area contributed by atoms with Crippen LogP contribution in [0.4, 0.5) is 5.13 Å². The number of aromatic nitrogens is 1. The summed E-state index contributed by atoms with van der Waals surface area (Å²) in [6, 6.07) is 1.57. The maximum Gasteiger partial charge on any atom is 0.274 e. The molecule has 0 spiro atoms. The zero-order valence-corrected chi connectivity index (χ0v) is 14.1. The summed E-state index contributed by atoms with van der Waals surface area (Å²) in [7, 11) is -3.66. The van der Waals surface area contributed by atoms with Gasteiger partial charge in [-0.1, -0.05) is 11.6 Å². The first-order valence-electron chi connectivity index (χ1n) is 6.35. The third-order valence-electron chi connectivity index (χ3n) is 3.21. The van der Waals surface area contributed by atoms with E-state index in [0.29, 0.717) is 11.0 Å². The summed E-state index contributed by atoms with van der Waals surface area (Å²) in [5, 5.41) is 4.16. The number of halogens is 1. The average Bonchev–Trinajstić information content (AvgIpc) is 3.08. The molecule has 0 amide bonds. The van der Waals surface area contributed by atoms with E-state index in [2.05, 4.69) is 9.71 Å². The molecule has 0 bridgehead atoms. The number of thiazole rings is 1. The monoisotopic (exact) mass is 364 g/mol. The highest BCUT2D eigenvalue weighted by Gasteiger charge is 2.23. The van der Waals surface area contributed by atoms with Crippen LogP contribution in [0.15, 0.2) is 21.0 Å². The maximum absolute atomic E-state index is 12.2. The smallest absolute Gasteiger partial charge is 0.274 e. The fraction of sp³-hybridized carbons (Fsp3) is 0.417. The summed E-state index contributed by atoms with van der Waals surface area (Å²) in [6.07, 6.45) is 1.85. The van der Waals surface area contributed by atoms with Crippen molar-refractivity contribution in [2.75, 3.05) is 17.9 Å². The van der Waals surface area contributed by atoms with Crippen LogP contribution in [0.2, 0.25) is 5.02 Å². The highest BCUT2D eigenvalue weighted by atomic mass is 35.5. The second-order valence-corrected chi connectivity index (χ2v) is 8.68. The summed E-state index contributed by atoms with van der Waals surface area (Å²) in [4.78, 5) is 4.39. The van der Waals surface area contributed by atoms with Gasteiger partial charge in [-0.05, 0) is 24.3 Å². The van der Waals surface area contributed by atoms with Crippen molar-refractivity contribution < 1.29 is 13.2 Å². The van der Waals surface area contributed by atoms with Crippen LogP contribution in [0, 0.1) is 0 Å². The normalized spacial score (nSPS) is 17.0. The number of sulfonamides is 1. The Bertz CT molecular complexity index is 720. The number of ether oxygens (including phenoxy) is 1. The molecule has 1 saturated heterocycles. The molecular weight excluding hydrogens is 352 g/mol. The van der Waals surface area contributed by atoms with Crippen molar-refractivity contribution in [3.63, 3.8) is 0 Å². The standard InChI is InChI=1S/C12H13ClN2O3S3/c13-9-3-6-19-11(9)21(16,17)15-12-14-10(7-20-12)8-1-4-18-5-2-8/h3,6-8H,1-2,4-5H2,(H,14,15). The fourth-order valence-electron chi connectivity index (χ4n) is 2.15. The van der Waals surface area contributed by atoms with Crippen molar-refractivity contribution in [1.29, 1.82) is 0 Å².